The van der Waals surface area contributed by atoms with Crippen molar-refractivity contribution < 1.29 is 9.47 Å². The molecule has 0 heterocycles. The van der Waals surface area contributed by atoms with Crippen LogP contribution in [0.25, 0.3) is 0 Å². The first kappa shape index (κ1) is 18.0. The molecule has 3 heteroatoms. The fourth-order valence-corrected chi connectivity index (χ4v) is 2.24. The van der Waals surface area contributed by atoms with Gasteiger partial charge in [0.05, 0.1) is 12.7 Å². The van der Waals surface area contributed by atoms with Crippen molar-refractivity contribution in [3.63, 3.8) is 0 Å². The average Bonchev–Trinajstić information content (AvgIpc) is 2.47. The molecule has 0 unspecified atom stereocenters. The largest absolute Gasteiger partial charge is 0.491 e. The van der Waals surface area contributed by atoms with Gasteiger partial charge in [-0.3, -0.25) is 0 Å². The molecular formula is C18H31NO2. The lowest BCUT2D eigenvalue weighted by atomic mass is 10.1. The van der Waals surface area contributed by atoms with E-state index in [1.54, 1.807) is 7.11 Å². The van der Waals surface area contributed by atoms with Crippen molar-refractivity contribution in [1.29, 1.82) is 0 Å². The standard InChI is InChI=1S/C18H31NO2/c1-16(2)21-18-11-9-17(10-12-18)8-6-4-5-7-13-19-14-15-20-3/h9-12,16,19H,4-8,13-15H2,1-3H3. The molecule has 0 fully saturated rings. The van der Waals surface area contributed by atoms with E-state index in [4.69, 9.17) is 9.47 Å². The number of hydrogen-bond donors (Lipinski definition) is 1. The van der Waals surface area contributed by atoms with Gasteiger partial charge in [-0.1, -0.05) is 25.0 Å². The lowest BCUT2D eigenvalue weighted by Crippen LogP contribution is -2.20. The zero-order valence-corrected chi connectivity index (χ0v) is 13.9. The van der Waals surface area contributed by atoms with Crippen molar-refractivity contribution in [3.05, 3.63) is 29.8 Å². The van der Waals surface area contributed by atoms with Gasteiger partial charge < -0.3 is 14.8 Å². The highest BCUT2D eigenvalue weighted by molar-refractivity contribution is 5.27. The molecule has 0 bridgehead atoms. The number of benzene rings is 1. The van der Waals surface area contributed by atoms with Crippen LogP contribution in [0.2, 0.25) is 0 Å². The maximum Gasteiger partial charge on any atom is 0.119 e. The Morgan fingerprint density at radius 3 is 2.33 bits per heavy atom. The SMILES string of the molecule is COCCNCCCCCCc1ccc(OC(C)C)cc1. The monoisotopic (exact) mass is 293 g/mol. The third-order valence-electron chi connectivity index (χ3n) is 3.35. The van der Waals surface area contributed by atoms with E-state index in [0.29, 0.717) is 0 Å². The van der Waals surface area contributed by atoms with Crippen LogP contribution in [-0.4, -0.2) is 32.9 Å². The summed E-state index contributed by atoms with van der Waals surface area (Å²) in [5, 5.41) is 3.38. The number of aryl methyl sites for hydroxylation is 1. The number of methoxy groups -OCH3 is 1. The summed E-state index contributed by atoms with van der Waals surface area (Å²) >= 11 is 0. The van der Waals surface area contributed by atoms with Crippen LogP contribution in [0.4, 0.5) is 0 Å². The van der Waals surface area contributed by atoms with Crippen molar-refractivity contribution in [2.75, 3.05) is 26.8 Å². The van der Waals surface area contributed by atoms with Gasteiger partial charge in [0, 0.05) is 13.7 Å². The van der Waals surface area contributed by atoms with Gasteiger partial charge in [0.15, 0.2) is 0 Å². The van der Waals surface area contributed by atoms with Crippen molar-refractivity contribution >= 4 is 0 Å². The Labute approximate surface area is 130 Å². The average molecular weight is 293 g/mol. The van der Waals surface area contributed by atoms with Crippen LogP contribution in [-0.2, 0) is 11.2 Å². The van der Waals surface area contributed by atoms with Crippen LogP contribution in [0.3, 0.4) is 0 Å². The topological polar surface area (TPSA) is 30.5 Å². The Morgan fingerprint density at radius 2 is 1.67 bits per heavy atom. The molecule has 1 aromatic rings. The number of unbranched alkanes of at least 4 members (excludes halogenated alkanes) is 3. The normalized spacial score (nSPS) is 11.0. The molecule has 21 heavy (non-hydrogen) atoms. The predicted octanol–water partition coefficient (Wildman–Crippen LogP) is 3.81. The van der Waals surface area contributed by atoms with Crippen LogP contribution in [0.1, 0.15) is 45.1 Å². The van der Waals surface area contributed by atoms with E-state index in [2.05, 4.69) is 43.4 Å². The van der Waals surface area contributed by atoms with E-state index in [1.165, 1.54) is 37.7 Å². The molecule has 0 saturated heterocycles. The van der Waals surface area contributed by atoms with E-state index in [0.717, 1.165) is 25.4 Å². The lowest BCUT2D eigenvalue weighted by Gasteiger charge is -2.10. The van der Waals surface area contributed by atoms with Gasteiger partial charge in [0.1, 0.15) is 5.75 Å². The molecule has 120 valence electrons. The second-order valence-corrected chi connectivity index (χ2v) is 5.72. The maximum absolute atomic E-state index is 5.65. The minimum absolute atomic E-state index is 0.244. The second kappa shape index (κ2) is 11.6. The number of rotatable bonds is 12. The summed E-state index contributed by atoms with van der Waals surface area (Å²) in [6, 6.07) is 8.53. The summed E-state index contributed by atoms with van der Waals surface area (Å²) in [7, 11) is 1.74. The van der Waals surface area contributed by atoms with Crippen LogP contribution >= 0.6 is 0 Å². The first-order chi connectivity index (χ1) is 10.2. The van der Waals surface area contributed by atoms with E-state index in [-0.39, 0.29) is 6.10 Å². The zero-order valence-electron chi connectivity index (χ0n) is 13.9. The molecule has 0 aliphatic carbocycles. The smallest absolute Gasteiger partial charge is 0.119 e. The summed E-state index contributed by atoms with van der Waals surface area (Å²) in [6.07, 6.45) is 6.53. The molecule has 0 atom stereocenters. The van der Waals surface area contributed by atoms with Gasteiger partial charge in [0.25, 0.3) is 0 Å². The minimum Gasteiger partial charge on any atom is -0.491 e. The minimum atomic E-state index is 0.244. The van der Waals surface area contributed by atoms with Gasteiger partial charge in [-0.2, -0.15) is 0 Å². The predicted molar refractivity (Wildman–Crippen MR) is 89.1 cm³/mol. The van der Waals surface area contributed by atoms with E-state index >= 15 is 0 Å². The zero-order chi connectivity index (χ0) is 15.3. The van der Waals surface area contributed by atoms with Gasteiger partial charge in [0.2, 0.25) is 0 Å². The molecular weight excluding hydrogens is 262 g/mol. The van der Waals surface area contributed by atoms with Crippen LogP contribution in [0, 0.1) is 0 Å². The Bertz CT molecular complexity index is 349. The van der Waals surface area contributed by atoms with Crippen molar-refractivity contribution in [2.24, 2.45) is 0 Å². The molecule has 0 radical (unpaired) electrons. The third kappa shape index (κ3) is 9.48. The van der Waals surface area contributed by atoms with E-state index in [1.807, 2.05) is 0 Å². The van der Waals surface area contributed by atoms with Gasteiger partial charge in [-0.15, -0.1) is 0 Å². The Hall–Kier alpha value is -1.06. The molecule has 0 saturated carbocycles. The third-order valence-corrected chi connectivity index (χ3v) is 3.35. The molecule has 1 N–H and O–H groups in total. The van der Waals surface area contributed by atoms with E-state index in [9.17, 15) is 0 Å². The summed E-state index contributed by atoms with van der Waals surface area (Å²) in [6.45, 7) is 6.97. The summed E-state index contributed by atoms with van der Waals surface area (Å²) in [5.41, 5.74) is 1.41. The lowest BCUT2D eigenvalue weighted by molar-refractivity contribution is 0.199. The molecule has 1 aromatic carbocycles. The highest BCUT2D eigenvalue weighted by Gasteiger charge is 1.98. The quantitative estimate of drug-likeness (QED) is 0.594. The number of hydrogen-bond acceptors (Lipinski definition) is 3. The summed E-state index contributed by atoms with van der Waals surface area (Å²) in [4.78, 5) is 0. The molecule has 1 rings (SSSR count). The fraction of sp³-hybridized carbons (Fsp3) is 0.667. The van der Waals surface area contributed by atoms with Crippen molar-refractivity contribution in [3.8, 4) is 5.75 Å². The Morgan fingerprint density at radius 1 is 0.952 bits per heavy atom. The fourth-order valence-electron chi connectivity index (χ4n) is 2.24. The van der Waals surface area contributed by atoms with Crippen molar-refractivity contribution in [2.45, 2.75) is 52.1 Å². The molecule has 0 amide bonds. The molecule has 0 aliphatic heterocycles. The van der Waals surface area contributed by atoms with Gasteiger partial charge in [-0.05, 0) is 57.4 Å². The Balaban J connectivity index is 2.02. The first-order valence-electron chi connectivity index (χ1n) is 8.17. The van der Waals surface area contributed by atoms with Gasteiger partial charge >= 0.3 is 0 Å². The highest BCUT2D eigenvalue weighted by atomic mass is 16.5. The van der Waals surface area contributed by atoms with Crippen molar-refractivity contribution in [1.82, 2.24) is 5.32 Å². The number of ether oxygens (including phenoxy) is 2. The second-order valence-electron chi connectivity index (χ2n) is 5.72. The summed E-state index contributed by atoms with van der Waals surface area (Å²) < 4.78 is 10.6. The van der Waals surface area contributed by atoms with Crippen LogP contribution < -0.4 is 10.1 Å². The van der Waals surface area contributed by atoms with Crippen LogP contribution in [0.15, 0.2) is 24.3 Å². The van der Waals surface area contributed by atoms with Crippen LogP contribution in [0.5, 0.6) is 5.75 Å². The summed E-state index contributed by atoms with van der Waals surface area (Å²) in [5.74, 6) is 0.968. The molecule has 3 nitrogen and oxygen atoms in total. The van der Waals surface area contributed by atoms with Gasteiger partial charge in [-0.25, -0.2) is 0 Å². The maximum atomic E-state index is 5.65. The molecule has 0 aliphatic rings. The Kier molecular flexibility index (Phi) is 9.92. The first-order valence-corrected chi connectivity index (χ1v) is 8.17. The van der Waals surface area contributed by atoms with E-state index < -0.39 is 0 Å². The molecule has 0 spiro atoms. The highest BCUT2D eigenvalue weighted by Crippen LogP contribution is 2.15. The number of nitrogens with one attached hydrogen (secondary N) is 1. The molecule has 0 aromatic heterocycles.